The lowest BCUT2D eigenvalue weighted by molar-refractivity contribution is 0.395. The van der Waals surface area contributed by atoms with Gasteiger partial charge < -0.3 is 18.9 Å². The highest BCUT2D eigenvalue weighted by atomic mass is 16.5. The molecular weight excluding hydrogens is 328 g/mol. The molecule has 0 spiro atoms. The van der Waals surface area contributed by atoms with Crippen LogP contribution in [0.25, 0.3) is 22.3 Å². The van der Waals surface area contributed by atoms with E-state index in [4.69, 9.17) is 18.9 Å². The Bertz CT molecular complexity index is 811. The molecule has 0 amide bonds. The summed E-state index contributed by atoms with van der Waals surface area (Å²) in [6, 6.07) is 19.9. The highest BCUT2D eigenvalue weighted by Gasteiger charge is 2.10. The number of hydrogen-bond acceptors (Lipinski definition) is 4. The summed E-state index contributed by atoms with van der Waals surface area (Å²) in [6.07, 6.45) is 0. The zero-order chi connectivity index (χ0) is 18.5. The molecule has 0 fully saturated rings. The fraction of sp³-hybridized carbons (Fsp3) is 0.182. The molecule has 3 aromatic carbocycles. The fourth-order valence-electron chi connectivity index (χ4n) is 2.90. The van der Waals surface area contributed by atoms with Gasteiger partial charge in [-0.2, -0.15) is 0 Å². The van der Waals surface area contributed by atoms with Crippen LogP contribution in [0.2, 0.25) is 0 Å². The lowest BCUT2D eigenvalue weighted by Crippen LogP contribution is -1.92. The van der Waals surface area contributed by atoms with Gasteiger partial charge in [0, 0.05) is 23.3 Å². The minimum atomic E-state index is 0.769. The van der Waals surface area contributed by atoms with Gasteiger partial charge in [0.2, 0.25) is 0 Å². The molecule has 0 saturated carbocycles. The van der Waals surface area contributed by atoms with E-state index in [9.17, 15) is 0 Å². The average Bonchev–Trinajstić information content (AvgIpc) is 2.72. The van der Waals surface area contributed by atoms with Crippen LogP contribution in [0.15, 0.2) is 60.7 Å². The molecule has 3 aromatic rings. The molecule has 0 atom stereocenters. The average molecular weight is 350 g/mol. The quantitative estimate of drug-likeness (QED) is 0.623. The monoisotopic (exact) mass is 350 g/mol. The summed E-state index contributed by atoms with van der Waals surface area (Å²) in [4.78, 5) is 0. The molecule has 134 valence electrons. The van der Waals surface area contributed by atoms with Crippen LogP contribution in [0, 0.1) is 0 Å². The molecule has 26 heavy (non-hydrogen) atoms. The Balaban J connectivity index is 1.97. The Morgan fingerprint density at radius 3 is 1.15 bits per heavy atom. The summed E-state index contributed by atoms with van der Waals surface area (Å²) < 4.78 is 21.5. The SMILES string of the molecule is COc1ccc(-c2ccc(-c3ccc(OC)cc3OC)cc2)c(OC)c1. The van der Waals surface area contributed by atoms with Crippen LogP contribution >= 0.6 is 0 Å². The summed E-state index contributed by atoms with van der Waals surface area (Å²) in [6.45, 7) is 0. The minimum absolute atomic E-state index is 0.769. The first-order valence-electron chi connectivity index (χ1n) is 8.25. The van der Waals surface area contributed by atoms with Gasteiger partial charge in [-0.1, -0.05) is 24.3 Å². The maximum atomic E-state index is 5.51. The van der Waals surface area contributed by atoms with Crippen LogP contribution in [0.5, 0.6) is 23.0 Å². The highest BCUT2D eigenvalue weighted by molar-refractivity contribution is 5.77. The van der Waals surface area contributed by atoms with Crippen LogP contribution < -0.4 is 18.9 Å². The van der Waals surface area contributed by atoms with Gasteiger partial charge >= 0.3 is 0 Å². The van der Waals surface area contributed by atoms with Crippen molar-refractivity contribution in [3.8, 4) is 45.3 Å². The smallest absolute Gasteiger partial charge is 0.130 e. The third-order valence-electron chi connectivity index (χ3n) is 4.32. The maximum absolute atomic E-state index is 5.51. The zero-order valence-electron chi connectivity index (χ0n) is 15.4. The Labute approximate surface area is 153 Å². The van der Waals surface area contributed by atoms with Crippen molar-refractivity contribution < 1.29 is 18.9 Å². The standard InChI is InChI=1S/C22H22O4/c1-23-17-9-11-19(21(13-17)25-3)15-5-7-16(8-6-15)20-12-10-18(24-2)14-22(20)26-4/h5-14H,1-4H3. The summed E-state index contributed by atoms with van der Waals surface area (Å²) in [5.74, 6) is 3.09. The molecule has 0 unspecified atom stereocenters. The predicted molar refractivity (Wildman–Crippen MR) is 104 cm³/mol. The van der Waals surface area contributed by atoms with Crippen molar-refractivity contribution in [2.75, 3.05) is 28.4 Å². The fourth-order valence-corrected chi connectivity index (χ4v) is 2.90. The predicted octanol–water partition coefficient (Wildman–Crippen LogP) is 5.06. The van der Waals surface area contributed by atoms with Crippen LogP contribution in [0.1, 0.15) is 0 Å². The minimum Gasteiger partial charge on any atom is -0.497 e. The summed E-state index contributed by atoms with van der Waals surface area (Å²) in [5.41, 5.74) is 4.17. The largest absolute Gasteiger partial charge is 0.497 e. The van der Waals surface area contributed by atoms with Gasteiger partial charge in [-0.15, -0.1) is 0 Å². The maximum Gasteiger partial charge on any atom is 0.130 e. The van der Waals surface area contributed by atoms with E-state index in [1.807, 2.05) is 36.4 Å². The van der Waals surface area contributed by atoms with Crippen molar-refractivity contribution in [2.45, 2.75) is 0 Å². The number of hydrogen-bond donors (Lipinski definition) is 0. The van der Waals surface area contributed by atoms with E-state index in [2.05, 4.69) is 24.3 Å². The lowest BCUT2D eigenvalue weighted by Gasteiger charge is -2.13. The Hall–Kier alpha value is -3.14. The molecule has 0 N–H and O–H groups in total. The first kappa shape index (κ1) is 17.7. The second-order valence-electron chi connectivity index (χ2n) is 5.71. The third kappa shape index (κ3) is 3.45. The lowest BCUT2D eigenvalue weighted by atomic mass is 9.99. The summed E-state index contributed by atoms with van der Waals surface area (Å²) >= 11 is 0. The molecule has 0 saturated heterocycles. The van der Waals surface area contributed by atoms with Crippen molar-refractivity contribution in [1.82, 2.24) is 0 Å². The topological polar surface area (TPSA) is 36.9 Å². The van der Waals surface area contributed by atoms with Gasteiger partial charge in [-0.3, -0.25) is 0 Å². The molecule has 0 aliphatic carbocycles. The van der Waals surface area contributed by atoms with Gasteiger partial charge in [0.15, 0.2) is 0 Å². The van der Waals surface area contributed by atoms with Crippen molar-refractivity contribution in [3.05, 3.63) is 60.7 Å². The second kappa shape index (κ2) is 7.83. The van der Waals surface area contributed by atoms with Crippen molar-refractivity contribution in [2.24, 2.45) is 0 Å². The highest BCUT2D eigenvalue weighted by Crippen LogP contribution is 2.37. The zero-order valence-corrected chi connectivity index (χ0v) is 15.4. The third-order valence-corrected chi connectivity index (χ3v) is 4.32. The van der Waals surface area contributed by atoms with Crippen LogP contribution in [0.4, 0.5) is 0 Å². The molecule has 0 aliphatic rings. The molecule has 0 aliphatic heterocycles. The summed E-state index contributed by atoms with van der Waals surface area (Å²) in [5, 5.41) is 0. The molecule has 4 nitrogen and oxygen atoms in total. The number of methoxy groups -OCH3 is 4. The van der Waals surface area contributed by atoms with Gasteiger partial charge in [-0.05, 0) is 35.4 Å². The van der Waals surface area contributed by atoms with Crippen LogP contribution in [-0.2, 0) is 0 Å². The Kier molecular flexibility index (Phi) is 5.32. The number of rotatable bonds is 6. The van der Waals surface area contributed by atoms with Gasteiger partial charge in [0.05, 0.1) is 28.4 Å². The Morgan fingerprint density at radius 1 is 0.462 bits per heavy atom. The van der Waals surface area contributed by atoms with Crippen molar-refractivity contribution >= 4 is 0 Å². The van der Waals surface area contributed by atoms with Gasteiger partial charge in [0.1, 0.15) is 23.0 Å². The molecule has 3 rings (SSSR count). The van der Waals surface area contributed by atoms with E-state index in [0.717, 1.165) is 45.3 Å². The first-order chi connectivity index (χ1) is 12.7. The molecule has 0 bridgehead atoms. The second-order valence-corrected chi connectivity index (χ2v) is 5.71. The molecular formula is C22H22O4. The van der Waals surface area contributed by atoms with E-state index in [1.165, 1.54) is 0 Å². The molecule has 0 radical (unpaired) electrons. The summed E-state index contributed by atoms with van der Waals surface area (Å²) in [7, 11) is 6.61. The van der Waals surface area contributed by atoms with Crippen molar-refractivity contribution in [1.29, 1.82) is 0 Å². The van der Waals surface area contributed by atoms with E-state index in [-0.39, 0.29) is 0 Å². The van der Waals surface area contributed by atoms with E-state index >= 15 is 0 Å². The van der Waals surface area contributed by atoms with Crippen molar-refractivity contribution in [3.63, 3.8) is 0 Å². The number of benzene rings is 3. The van der Waals surface area contributed by atoms with Gasteiger partial charge in [-0.25, -0.2) is 0 Å². The van der Waals surface area contributed by atoms with E-state index in [1.54, 1.807) is 28.4 Å². The Morgan fingerprint density at radius 2 is 0.846 bits per heavy atom. The number of ether oxygens (including phenoxy) is 4. The molecule has 0 heterocycles. The molecule has 4 heteroatoms. The first-order valence-corrected chi connectivity index (χ1v) is 8.25. The van der Waals surface area contributed by atoms with Crippen LogP contribution in [-0.4, -0.2) is 28.4 Å². The van der Waals surface area contributed by atoms with E-state index in [0.29, 0.717) is 0 Å². The van der Waals surface area contributed by atoms with Crippen LogP contribution in [0.3, 0.4) is 0 Å². The van der Waals surface area contributed by atoms with E-state index < -0.39 is 0 Å². The normalized spacial score (nSPS) is 10.3. The molecule has 0 aromatic heterocycles. The van der Waals surface area contributed by atoms with Gasteiger partial charge in [0.25, 0.3) is 0 Å².